The van der Waals surface area contributed by atoms with Crippen LogP contribution in [-0.4, -0.2) is 35.5 Å². The second kappa shape index (κ2) is 9.05. The smallest absolute Gasteiger partial charge is 0.216 e. The Morgan fingerprint density at radius 1 is 1.25 bits per heavy atom. The number of aryl methyl sites for hydroxylation is 1. The number of hydrogen-bond donors (Lipinski definition) is 1. The van der Waals surface area contributed by atoms with Gasteiger partial charge in [-0.15, -0.1) is 24.0 Å². The third-order valence-electron chi connectivity index (χ3n) is 3.99. The molecule has 1 aromatic carbocycles. The van der Waals surface area contributed by atoms with Crippen LogP contribution in [0.3, 0.4) is 0 Å². The zero-order valence-electron chi connectivity index (χ0n) is 14.3. The van der Waals surface area contributed by atoms with E-state index in [1.165, 1.54) is 18.4 Å². The molecule has 0 radical (unpaired) electrons. The second-order valence-corrected chi connectivity index (χ2v) is 5.85. The van der Waals surface area contributed by atoms with E-state index in [4.69, 9.17) is 4.42 Å². The van der Waals surface area contributed by atoms with Crippen LogP contribution in [0.4, 0.5) is 0 Å². The minimum atomic E-state index is 0. The van der Waals surface area contributed by atoms with E-state index in [1.54, 1.807) is 6.20 Å². The van der Waals surface area contributed by atoms with Crippen LogP contribution in [0.1, 0.15) is 31.2 Å². The molecular weight excluding hydrogens is 415 g/mol. The van der Waals surface area contributed by atoms with Gasteiger partial charge in [-0.2, -0.15) is 0 Å². The maximum absolute atomic E-state index is 5.84. The molecule has 1 aliphatic heterocycles. The standard InChI is InChI=1S/C18H24N4O.HI/c1-3-19-18(22-10-4-5-11-22)21-13-17-20-12-16(23-17)15-8-6-14(2)7-9-15;/h6-9,12H,3-5,10-11,13H2,1-2H3,(H,19,21);1H. The summed E-state index contributed by atoms with van der Waals surface area (Å²) in [7, 11) is 0. The van der Waals surface area contributed by atoms with Gasteiger partial charge in [0, 0.05) is 25.2 Å². The molecular formula is C18H25IN4O. The van der Waals surface area contributed by atoms with E-state index >= 15 is 0 Å². The lowest BCUT2D eigenvalue weighted by atomic mass is 10.1. The topological polar surface area (TPSA) is 53.7 Å². The van der Waals surface area contributed by atoms with Crippen molar-refractivity contribution in [3.05, 3.63) is 41.9 Å². The number of halogens is 1. The van der Waals surface area contributed by atoms with E-state index in [1.807, 2.05) is 0 Å². The van der Waals surface area contributed by atoms with Crippen molar-refractivity contribution in [1.82, 2.24) is 15.2 Å². The number of aliphatic imine (C=N–C) groups is 1. The minimum absolute atomic E-state index is 0. The lowest BCUT2D eigenvalue weighted by Gasteiger charge is -2.20. The fraction of sp³-hybridized carbons (Fsp3) is 0.444. The summed E-state index contributed by atoms with van der Waals surface area (Å²) in [5.41, 5.74) is 2.28. The van der Waals surface area contributed by atoms with Crippen molar-refractivity contribution in [3.8, 4) is 11.3 Å². The normalized spacial score (nSPS) is 14.6. The summed E-state index contributed by atoms with van der Waals surface area (Å²) < 4.78 is 5.84. The fourth-order valence-corrected chi connectivity index (χ4v) is 2.73. The molecule has 1 saturated heterocycles. The molecule has 1 aromatic heterocycles. The van der Waals surface area contributed by atoms with Gasteiger partial charge in [0.25, 0.3) is 0 Å². The van der Waals surface area contributed by atoms with E-state index in [2.05, 4.69) is 58.3 Å². The number of rotatable bonds is 4. The Morgan fingerprint density at radius 2 is 1.96 bits per heavy atom. The number of nitrogens with one attached hydrogen (secondary N) is 1. The summed E-state index contributed by atoms with van der Waals surface area (Å²) in [6.45, 7) is 7.65. The van der Waals surface area contributed by atoms with E-state index in [0.717, 1.165) is 36.9 Å². The predicted molar refractivity (Wildman–Crippen MR) is 108 cm³/mol. The van der Waals surface area contributed by atoms with Crippen LogP contribution in [0, 0.1) is 6.92 Å². The number of benzene rings is 1. The minimum Gasteiger partial charge on any atom is -0.439 e. The Kier molecular flexibility index (Phi) is 7.08. The highest BCUT2D eigenvalue weighted by atomic mass is 127. The SMILES string of the molecule is CCNC(=NCc1ncc(-c2ccc(C)cc2)o1)N1CCCC1.I. The molecule has 0 saturated carbocycles. The molecule has 1 fully saturated rings. The van der Waals surface area contributed by atoms with Crippen molar-refractivity contribution in [1.29, 1.82) is 0 Å². The highest BCUT2D eigenvalue weighted by Gasteiger charge is 2.15. The lowest BCUT2D eigenvalue weighted by molar-refractivity contribution is 0.481. The summed E-state index contributed by atoms with van der Waals surface area (Å²) in [6, 6.07) is 8.26. The van der Waals surface area contributed by atoms with E-state index in [-0.39, 0.29) is 24.0 Å². The summed E-state index contributed by atoms with van der Waals surface area (Å²) in [5, 5.41) is 3.35. The number of nitrogens with zero attached hydrogens (tertiary/aromatic N) is 3. The van der Waals surface area contributed by atoms with Crippen molar-refractivity contribution in [2.75, 3.05) is 19.6 Å². The maximum atomic E-state index is 5.84. The monoisotopic (exact) mass is 440 g/mol. The van der Waals surface area contributed by atoms with Gasteiger partial charge in [0.1, 0.15) is 6.54 Å². The lowest BCUT2D eigenvalue weighted by Crippen LogP contribution is -2.39. The van der Waals surface area contributed by atoms with Crippen LogP contribution in [0.5, 0.6) is 0 Å². The third kappa shape index (κ3) is 4.72. The zero-order chi connectivity index (χ0) is 16.1. The van der Waals surface area contributed by atoms with E-state index < -0.39 is 0 Å². The molecule has 0 aliphatic carbocycles. The number of oxazole rings is 1. The van der Waals surface area contributed by atoms with E-state index in [0.29, 0.717) is 12.4 Å². The largest absolute Gasteiger partial charge is 0.439 e. The Balaban J connectivity index is 0.00000208. The number of guanidine groups is 1. The maximum Gasteiger partial charge on any atom is 0.216 e. The highest BCUT2D eigenvalue weighted by molar-refractivity contribution is 14.0. The predicted octanol–water partition coefficient (Wildman–Crippen LogP) is 3.83. The molecule has 0 bridgehead atoms. The van der Waals surface area contributed by atoms with Crippen molar-refractivity contribution < 1.29 is 4.42 Å². The first-order valence-corrected chi connectivity index (χ1v) is 8.31. The van der Waals surface area contributed by atoms with Gasteiger partial charge in [-0.25, -0.2) is 9.98 Å². The molecule has 0 spiro atoms. The summed E-state index contributed by atoms with van der Waals surface area (Å²) in [4.78, 5) is 11.3. The van der Waals surface area contributed by atoms with Gasteiger partial charge in [-0.3, -0.25) is 0 Å². The molecule has 0 unspecified atom stereocenters. The molecule has 0 amide bonds. The van der Waals surface area contributed by atoms with Gasteiger partial charge in [0.15, 0.2) is 11.7 Å². The van der Waals surface area contributed by atoms with Gasteiger partial charge < -0.3 is 14.6 Å². The number of likely N-dealkylation sites (tertiary alicyclic amines) is 1. The van der Waals surface area contributed by atoms with Crippen LogP contribution in [0.2, 0.25) is 0 Å². The molecule has 130 valence electrons. The highest BCUT2D eigenvalue weighted by Crippen LogP contribution is 2.21. The molecule has 24 heavy (non-hydrogen) atoms. The first-order chi connectivity index (χ1) is 11.3. The molecule has 2 aromatic rings. The van der Waals surface area contributed by atoms with Crippen molar-refractivity contribution in [2.45, 2.75) is 33.2 Å². The van der Waals surface area contributed by atoms with Gasteiger partial charge in [-0.05, 0) is 26.7 Å². The van der Waals surface area contributed by atoms with Crippen LogP contribution < -0.4 is 5.32 Å². The Morgan fingerprint density at radius 3 is 2.62 bits per heavy atom. The van der Waals surface area contributed by atoms with Crippen molar-refractivity contribution >= 4 is 29.9 Å². The van der Waals surface area contributed by atoms with Crippen LogP contribution in [0.25, 0.3) is 11.3 Å². The summed E-state index contributed by atoms with van der Waals surface area (Å²) >= 11 is 0. The Hall–Kier alpha value is -1.57. The summed E-state index contributed by atoms with van der Waals surface area (Å²) in [6.07, 6.45) is 4.25. The van der Waals surface area contributed by atoms with Gasteiger partial charge in [0.2, 0.25) is 5.89 Å². The number of aromatic nitrogens is 1. The average Bonchev–Trinajstić information content (AvgIpc) is 3.24. The molecule has 0 atom stereocenters. The van der Waals surface area contributed by atoms with Crippen LogP contribution >= 0.6 is 24.0 Å². The Labute approximate surface area is 160 Å². The molecule has 1 N–H and O–H groups in total. The Bertz CT molecular complexity index is 660. The first kappa shape index (κ1) is 18.8. The van der Waals surface area contributed by atoms with Gasteiger partial charge >= 0.3 is 0 Å². The zero-order valence-corrected chi connectivity index (χ0v) is 16.6. The molecule has 6 heteroatoms. The molecule has 2 heterocycles. The van der Waals surface area contributed by atoms with Gasteiger partial charge in [-0.1, -0.05) is 29.8 Å². The third-order valence-corrected chi connectivity index (χ3v) is 3.99. The van der Waals surface area contributed by atoms with Crippen molar-refractivity contribution in [2.24, 2.45) is 4.99 Å². The first-order valence-electron chi connectivity index (χ1n) is 8.31. The van der Waals surface area contributed by atoms with Crippen LogP contribution in [-0.2, 0) is 6.54 Å². The summed E-state index contributed by atoms with van der Waals surface area (Å²) in [5.74, 6) is 2.40. The molecule has 5 nitrogen and oxygen atoms in total. The average molecular weight is 440 g/mol. The quantitative estimate of drug-likeness (QED) is 0.446. The van der Waals surface area contributed by atoms with Crippen LogP contribution in [0.15, 0.2) is 39.9 Å². The fourth-order valence-electron chi connectivity index (χ4n) is 2.73. The molecule has 1 aliphatic rings. The number of hydrogen-bond acceptors (Lipinski definition) is 3. The second-order valence-electron chi connectivity index (χ2n) is 5.85. The molecule has 3 rings (SSSR count). The van der Waals surface area contributed by atoms with E-state index in [9.17, 15) is 0 Å². The van der Waals surface area contributed by atoms with Gasteiger partial charge in [0.05, 0.1) is 6.20 Å². The van der Waals surface area contributed by atoms with Crippen molar-refractivity contribution in [3.63, 3.8) is 0 Å².